The fourth-order valence-corrected chi connectivity index (χ4v) is 2.19. The highest BCUT2D eigenvalue weighted by Gasteiger charge is 2.40. The fourth-order valence-electron chi connectivity index (χ4n) is 2.19. The Bertz CT molecular complexity index is 342. The second-order valence-electron chi connectivity index (χ2n) is 4.50. The summed E-state index contributed by atoms with van der Waals surface area (Å²) in [7, 11) is 0. The smallest absolute Gasteiger partial charge is 0.326 e. The molecule has 6 heteroatoms. The number of rotatable bonds is 3. The van der Waals surface area contributed by atoms with Crippen molar-refractivity contribution in [3.05, 3.63) is 0 Å². The number of nitrogens with one attached hydrogen (secondary N) is 1. The summed E-state index contributed by atoms with van der Waals surface area (Å²) in [5.74, 6) is -1.68. The molecular formula is C11H18N2O4. The van der Waals surface area contributed by atoms with E-state index in [4.69, 9.17) is 5.11 Å². The minimum atomic E-state index is -0.988. The van der Waals surface area contributed by atoms with Gasteiger partial charge in [-0.25, -0.2) is 4.79 Å². The van der Waals surface area contributed by atoms with E-state index in [1.54, 1.807) is 6.92 Å². The van der Waals surface area contributed by atoms with Crippen LogP contribution in [-0.4, -0.2) is 46.4 Å². The maximum Gasteiger partial charge on any atom is 0.326 e. The van der Waals surface area contributed by atoms with Crippen LogP contribution in [0.25, 0.3) is 0 Å². The maximum atomic E-state index is 12.0. The molecule has 2 N–H and O–H groups in total. The number of carbonyl (C=O) groups excluding carboxylic acids is 2. The molecule has 96 valence electrons. The summed E-state index contributed by atoms with van der Waals surface area (Å²) in [6.07, 6.45) is 0.676. The molecule has 1 fully saturated rings. The average molecular weight is 242 g/mol. The van der Waals surface area contributed by atoms with Crippen LogP contribution < -0.4 is 5.32 Å². The molecule has 1 aliphatic rings. The molecule has 1 aliphatic heterocycles. The molecule has 0 radical (unpaired) electrons. The Labute approximate surface area is 100.0 Å². The van der Waals surface area contributed by atoms with Crippen molar-refractivity contribution in [1.29, 1.82) is 0 Å². The van der Waals surface area contributed by atoms with Crippen molar-refractivity contribution in [2.45, 2.75) is 39.3 Å². The summed E-state index contributed by atoms with van der Waals surface area (Å²) in [5.41, 5.74) is 0. The monoisotopic (exact) mass is 242 g/mol. The van der Waals surface area contributed by atoms with Gasteiger partial charge in [0.1, 0.15) is 12.1 Å². The third-order valence-electron chi connectivity index (χ3n) is 3.03. The van der Waals surface area contributed by atoms with E-state index in [0.29, 0.717) is 13.0 Å². The zero-order chi connectivity index (χ0) is 13.2. The minimum Gasteiger partial charge on any atom is -0.480 e. The lowest BCUT2D eigenvalue weighted by Gasteiger charge is -2.26. The second kappa shape index (κ2) is 5.16. The van der Waals surface area contributed by atoms with Crippen molar-refractivity contribution >= 4 is 17.8 Å². The summed E-state index contributed by atoms with van der Waals surface area (Å²) in [4.78, 5) is 35.3. The minimum absolute atomic E-state index is 0.0546. The maximum absolute atomic E-state index is 12.0. The molecule has 0 saturated carbocycles. The molecule has 3 unspecified atom stereocenters. The Morgan fingerprint density at radius 1 is 1.41 bits per heavy atom. The van der Waals surface area contributed by atoms with Gasteiger partial charge < -0.3 is 15.3 Å². The molecule has 1 heterocycles. The Morgan fingerprint density at radius 2 is 2.00 bits per heavy atom. The van der Waals surface area contributed by atoms with E-state index in [9.17, 15) is 14.4 Å². The van der Waals surface area contributed by atoms with Crippen molar-refractivity contribution in [1.82, 2.24) is 10.2 Å². The number of likely N-dealkylation sites (tertiary alicyclic amines) is 1. The first-order chi connectivity index (χ1) is 7.84. The van der Waals surface area contributed by atoms with Gasteiger partial charge in [0.25, 0.3) is 0 Å². The predicted octanol–water partition coefficient (Wildman–Crippen LogP) is -0.167. The van der Waals surface area contributed by atoms with E-state index < -0.39 is 18.1 Å². The van der Waals surface area contributed by atoms with Gasteiger partial charge in [-0.2, -0.15) is 0 Å². The highest BCUT2D eigenvalue weighted by Crippen LogP contribution is 2.24. The van der Waals surface area contributed by atoms with Gasteiger partial charge in [-0.3, -0.25) is 9.59 Å². The van der Waals surface area contributed by atoms with Crippen molar-refractivity contribution < 1.29 is 19.5 Å². The standard InChI is InChI=1S/C11H18N2O4/c1-6-4-5-13(9(6)11(16)17)10(15)7(2)12-8(3)14/h6-7,9H,4-5H2,1-3H3,(H,12,14)(H,16,17). The number of carboxylic acid groups (broad SMARTS) is 1. The Kier molecular flexibility index (Phi) is 4.09. The van der Waals surface area contributed by atoms with Gasteiger partial charge in [0.05, 0.1) is 0 Å². The number of hydrogen-bond acceptors (Lipinski definition) is 3. The van der Waals surface area contributed by atoms with Crippen LogP contribution in [0.2, 0.25) is 0 Å². The van der Waals surface area contributed by atoms with E-state index >= 15 is 0 Å². The van der Waals surface area contributed by atoms with Gasteiger partial charge in [0, 0.05) is 13.5 Å². The molecule has 0 aromatic rings. The lowest BCUT2D eigenvalue weighted by Crippen LogP contribution is -2.51. The van der Waals surface area contributed by atoms with E-state index in [2.05, 4.69) is 5.32 Å². The van der Waals surface area contributed by atoms with Gasteiger partial charge >= 0.3 is 5.97 Å². The highest BCUT2D eigenvalue weighted by molar-refractivity contribution is 5.90. The third kappa shape index (κ3) is 2.95. The number of nitrogens with zero attached hydrogens (tertiary/aromatic N) is 1. The molecule has 17 heavy (non-hydrogen) atoms. The highest BCUT2D eigenvalue weighted by atomic mass is 16.4. The molecule has 2 amide bonds. The van der Waals surface area contributed by atoms with Crippen LogP contribution in [0.3, 0.4) is 0 Å². The molecular weight excluding hydrogens is 224 g/mol. The van der Waals surface area contributed by atoms with E-state index in [1.165, 1.54) is 11.8 Å². The van der Waals surface area contributed by atoms with E-state index in [1.807, 2.05) is 6.92 Å². The van der Waals surface area contributed by atoms with Gasteiger partial charge in [0.2, 0.25) is 11.8 Å². The summed E-state index contributed by atoms with van der Waals surface area (Å²) >= 11 is 0. The number of carbonyl (C=O) groups is 3. The normalized spacial score (nSPS) is 25.5. The lowest BCUT2D eigenvalue weighted by molar-refractivity contribution is -0.150. The van der Waals surface area contributed by atoms with E-state index in [0.717, 1.165) is 0 Å². The number of hydrogen-bond donors (Lipinski definition) is 2. The first kappa shape index (κ1) is 13.5. The van der Waals surface area contributed by atoms with Crippen LogP contribution >= 0.6 is 0 Å². The number of carboxylic acids is 1. The van der Waals surface area contributed by atoms with Crippen LogP contribution in [0, 0.1) is 5.92 Å². The van der Waals surface area contributed by atoms with E-state index in [-0.39, 0.29) is 17.7 Å². The Balaban J connectivity index is 2.75. The molecule has 0 aromatic heterocycles. The van der Waals surface area contributed by atoms with Gasteiger partial charge in [-0.1, -0.05) is 6.92 Å². The molecule has 3 atom stereocenters. The van der Waals surface area contributed by atoms with Gasteiger partial charge in [-0.05, 0) is 19.3 Å². The van der Waals surface area contributed by atoms with Crippen LogP contribution in [0.15, 0.2) is 0 Å². The van der Waals surface area contributed by atoms with Crippen LogP contribution in [0.5, 0.6) is 0 Å². The topological polar surface area (TPSA) is 86.7 Å². The third-order valence-corrected chi connectivity index (χ3v) is 3.03. The van der Waals surface area contributed by atoms with Crippen molar-refractivity contribution in [2.75, 3.05) is 6.54 Å². The second-order valence-corrected chi connectivity index (χ2v) is 4.50. The van der Waals surface area contributed by atoms with Gasteiger partial charge in [-0.15, -0.1) is 0 Å². The summed E-state index contributed by atoms with van der Waals surface area (Å²) in [6, 6.07) is -1.46. The number of aliphatic carboxylic acids is 1. The van der Waals surface area contributed by atoms with Crippen molar-refractivity contribution in [3.8, 4) is 0 Å². The van der Waals surface area contributed by atoms with Crippen molar-refractivity contribution in [2.24, 2.45) is 5.92 Å². The molecule has 1 saturated heterocycles. The molecule has 0 bridgehead atoms. The van der Waals surface area contributed by atoms with Crippen LogP contribution in [0.4, 0.5) is 0 Å². The Morgan fingerprint density at radius 3 is 2.47 bits per heavy atom. The SMILES string of the molecule is CC(=O)NC(C)C(=O)N1CCC(C)C1C(=O)O. The predicted molar refractivity (Wildman–Crippen MR) is 60.2 cm³/mol. The Hall–Kier alpha value is -1.59. The summed E-state index contributed by atoms with van der Waals surface area (Å²) in [5, 5.41) is 11.6. The zero-order valence-electron chi connectivity index (χ0n) is 10.3. The fraction of sp³-hybridized carbons (Fsp3) is 0.727. The molecule has 0 spiro atoms. The molecule has 1 rings (SSSR count). The first-order valence-electron chi connectivity index (χ1n) is 5.65. The molecule has 6 nitrogen and oxygen atoms in total. The zero-order valence-corrected chi connectivity index (χ0v) is 10.3. The van der Waals surface area contributed by atoms with Crippen LogP contribution in [0.1, 0.15) is 27.2 Å². The number of amides is 2. The quantitative estimate of drug-likeness (QED) is 0.719. The molecule has 0 aliphatic carbocycles. The van der Waals surface area contributed by atoms with Crippen LogP contribution in [-0.2, 0) is 14.4 Å². The first-order valence-corrected chi connectivity index (χ1v) is 5.65. The van der Waals surface area contributed by atoms with Gasteiger partial charge in [0.15, 0.2) is 0 Å². The molecule has 0 aromatic carbocycles. The van der Waals surface area contributed by atoms with Crippen molar-refractivity contribution in [3.63, 3.8) is 0 Å². The largest absolute Gasteiger partial charge is 0.480 e. The average Bonchev–Trinajstić information content (AvgIpc) is 2.57. The summed E-state index contributed by atoms with van der Waals surface area (Å²) in [6.45, 7) is 5.13. The lowest BCUT2D eigenvalue weighted by atomic mass is 10.0. The summed E-state index contributed by atoms with van der Waals surface area (Å²) < 4.78 is 0.